The smallest absolute Gasteiger partial charge is 0.353 e. The molecule has 1 aliphatic heterocycles. The minimum atomic E-state index is -1.26. The molecule has 2 aromatic carbocycles. The van der Waals surface area contributed by atoms with Crippen molar-refractivity contribution in [3.63, 3.8) is 0 Å². The van der Waals surface area contributed by atoms with E-state index >= 15 is 4.39 Å². The standard InChI is InChI=1S/C25H19ClFN3O4S/c26-17-10-14(35-9-6-28)4-3-13(17)12-30-19-11-18(27)15-5-8-34-23(15)21(19)20(22(30)25(32)33)16-2-1-7-29-24(16)31/h1-4,6-7,9-11H,5,8,12,28H2,(H,29,31)(H,32,33)/b9-6+. The molecule has 0 atom stereocenters. The van der Waals surface area contributed by atoms with E-state index in [1.165, 1.54) is 34.8 Å². The number of rotatable bonds is 6. The number of benzene rings is 2. The van der Waals surface area contributed by atoms with Crippen LogP contribution < -0.4 is 16.0 Å². The van der Waals surface area contributed by atoms with E-state index in [2.05, 4.69) is 4.98 Å². The van der Waals surface area contributed by atoms with Gasteiger partial charge in [-0.2, -0.15) is 0 Å². The van der Waals surface area contributed by atoms with E-state index in [1.807, 2.05) is 6.07 Å². The van der Waals surface area contributed by atoms with Crippen molar-refractivity contribution >= 4 is 40.2 Å². The number of fused-ring (bicyclic) bond motifs is 3. The fourth-order valence-corrected chi connectivity index (χ4v) is 5.29. The maximum atomic E-state index is 15.1. The molecule has 0 unspecified atom stereocenters. The Morgan fingerprint density at radius 1 is 1.34 bits per heavy atom. The zero-order chi connectivity index (χ0) is 24.7. The highest BCUT2D eigenvalue weighted by atomic mass is 35.5. The predicted molar refractivity (Wildman–Crippen MR) is 134 cm³/mol. The lowest BCUT2D eigenvalue weighted by Gasteiger charge is -2.12. The number of hydrogen-bond donors (Lipinski definition) is 3. The van der Waals surface area contributed by atoms with E-state index in [4.69, 9.17) is 22.1 Å². The number of hydrogen-bond acceptors (Lipinski definition) is 5. The number of carboxylic acids is 1. The molecule has 0 aliphatic carbocycles. The second-order valence-electron chi connectivity index (χ2n) is 7.89. The summed E-state index contributed by atoms with van der Waals surface area (Å²) in [6, 6.07) is 9.82. The van der Waals surface area contributed by atoms with E-state index in [0.717, 1.165) is 4.90 Å². The molecular formula is C25H19ClFN3O4S. The molecule has 0 radical (unpaired) electrons. The van der Waals surface area contributed by atoms with E-state index in [9.17, 15) is 14.7 Å². The molecule has 4 N–H and O–H groups in total. The first-order valence-corrected chi connectivity index (χ1v) is 11.9. The largest absolute Gasteiger partial charge is 0.492 e. The fourth-order valence-electron chi connectivity index (χ4n) is 4.42. The number of thioether (sulfide) groups is 1. The normalized spacial score (nSPS) is 12.9. The van der Waals surface area contributed by atoms with E-state index in [-0.39, 0.29) is 35.7 Å². The van der Waals surface area contributed by atoms with Gasteiger partial charge in [0.2, 0.25) is 0 Å². The number of aromatic amines is 1. The average molecular weight is 512 g/mol. The van der Waals surface area contributed by atoms with Crippen LogP contribution in [0.2, 0.25) is 5.02 Å². The van der Waals surface area contributed by atoms with Crippen molar-refractivity contribution in [3.05, 3.63) is 92.2 Å². The second-order valence-corrected chi connectivity index (χ2v) is 9.27. The average Bonchev–Trinajstić information content (AvgIpc) is 3.43. The maximum absolute atomic E-state index is 15.1. The first-order valence-electron chi connectivity index (χ1n) is 10.6. The minimum absolute atomic E-state index is 0.0393. The Morgan fingerprint density at radius 2 is 2.17 bits per heavy atom. The lowest BCUT2D eigenvalue weighted by atomic mass is 10.00. The molecule has 5 rings (SSSR count). The van der Waals surface area contributed by atoms with Gasteiger partial charge in [0.1, 0.15) is 17.3 Å². The van der Waals surface area contributed by atoms with Gasteiger partial charge in [-0.25, -0.2) is 9.18 Å². The molecule has 0 amide bonds. The SMILES string of the molecule is N/C=C/Sc1ccc(Cn2c(C(=O)O)c(-c3ccc[nH]c3=O)c3c4c(c(F)cc32)CCO4)c(Cl)c1. The molecule has 1 aliphatic rings. The van der Waals surface area contributed by atoms with Crippen LogP contribution in [0.25, 0.3) is 22.0 Å². The van der Waals surface area contributed by atoms with Crippen molar-refractivity contribution < 1.29 is 19.0 Å². The Kier molecular flexibility index (Phi) is 6.04. The number of halogens is 2. The monoisotopic (exact) mass is 511 g/mol. The lowest BCUT2D eigenvalue weighted by molar-refractivity contribution is 0.0687. The van der Waals surface area contributed by atoms with Gasteiger partial charge < -0.3 is 25.1 Å². The van der Waals surface area contributed by atoms with Crippen LogP contribution >= 0.6 is 23.4 Å². The van der Waals surface area contributed by atoms with Gasteiger partial charge in [0.05, 0.1) is 23.1 Å². The number of nitrogens with zero attached hydrogens (tertiary/aromatic N) is 1. The van der Waals surface area contributed by atoms with Crippen molar-refractivity contribution in [2.45, 2.75) is 17.9 Å². The summed E-state index contributed by atoms with van der Waals surface area (Å²) in [5.74, 6) is -1.48. The van der Waals surface area contributed by atoms with Gasteiger partial charge in [-0.3, -0.25) is 4.79 Å². The molecule has 35 heavy (non-hydrogen) atoms. The van der Waals surface area contributed by atoms with Gasteiger partial charge >= 0.3 is 5.97 Å². The number of ether oxygens (including phenoxy) is 1. The van der Waals surface area contributed by atoms with Gasteiger partial charge in [0.15, 0.2) is 0 Å². The molecule has 0 saturated carbocycles. The molecule has 0 fully saturated rings. The molecule has 0 bridgehead atoms. The first kappa shape index (κ1) is 23.1. The Hall–Kier alpha value is -3.69. The van der Waals surface area contributed by atoms with E-state index < -0.39 is 17.3 Å². The van der Waals surface area contributed by atoms with Crippen LogP contribution in [0, 0.1) is 5.82 Å². The van der Waals surface area contributed by atoms with Crippen LogP contribution in [0.15, 0.2) is 63.9 Å². The van der Waals surface area contributed by atoms with Crippen molar-refractivity contribution in [2.75, 3.05) is 6.61 Å². The third-order valence-corrected chi connectivity index (χ3v) is 7.05. The Labute approximate surface area is 208 Å². The molecule has 0 spiro atoms. The van der Waals surface area contributed by atoms with Crippen LogP contribution in [-0.4, -0.2) is 27.2 Å². The van der Waals surface area contributed by atoms with Gasteiger partial charge in [-0.05, 0) is 41.3 Å². The Balaban J connectivity index is 1.80. The highest BCUT2D eigenvalue weighted by Crippen LogP contribution is 2.44. The van der Waals surface area contributed by atoms with E-state index in [0.29, 0.717) is 33.5 Å². The van der Waals surface area contributed by atoms with Crippen LogP contribution in [0.5, 0.6) is 5.75 Å². The number of carboxylic acid groups (broad SMARTS) is 1. The van der Waals surface area contributed by atoms with E-state index in [1.54, 1.807) is 29.7 Å². The number of carbonyl (C=O) groups is 1. The van der Waals surface area contributed by atoms with Gasteiger partial charge in [-0.15, -0.1) is 0 Å². The van der Waals surface area contributed by atoms with Crippen molar-refractivity contribution in [1.29, 1.82) is 0 Å². The third kappa shape index (κ3) is 3.96. The van der Waals surface area contributed by atoms with Crippen LogP contribution in [0.3, 0.4) is 0 Å². The lowest BCUT2D eigenvalue weighted by Crippen LogP contribution is -2.13. The topological polar surface area (TPSA) is 110 Å². The molecule has 178 valence electrons. The van der Waals surface area contributed by atoms with Gasteiger partial charge in [-0.1, -0.05) is 29.4 Å². The number of aromatic nitrogens is 2. The molecule has 3 heterocycles. The van der Waals surface area contributed by atoms with Crippen LogP contribution in [-0.2, 0) is 13.0 Å². The molecule has 2 aromatic heterocycles. The Bertz CT molecular complexity index is 1580. The predicted octanol–water partition coefficient (Wildman–Crippen LogP) is 4.99. The summed E-state index contributed by atoms with van der Waals surface area (Å²) >= 11 is 7.92. The highest BCUT2D eigenvalue weighted by molar-refractivity contribution is 8.02. The third-order valence-electron chi connectivity index (χ3n) is 5.88. The zero-order valence-electron chi connectivity index (χ0n) is 18.2. The number of nitrogens with two attached hydrogens (primary N) is 1. The fraction of sp³-hybridized carbons (Fsp3) is 0.120. The van der Waals surface area contributed by atoms with Gasteiger partial charge in [0, 0.05) is 46.4 Å². The van der Waals surface area contributed by atoms with Gasteiger partial charge in [0.25, 0.3) is 5.56 Å². The molecule has 10 heteroatoms. The Morgan fingerprint density at radius 3 is 2.89 bits per heavy atom. The summed E-state index contributed by atoms with van der Waals surface area (Å²) in [4.78, 5) is 28.8. The number of nitrogens with one attached hydrogen (secondary N) is 1. The quantitative estimate of drug-likeness (QED) is 0.314. The molecular weight excluding hydrogens is 493 g/mol. The van der Waals surface area contributed by atoms with Crippen LogP contribution in [0.4, 0.5) is 4.39 Å². The maximum Gasteiger partial charge on any atom is 0.353 e. The number of aromatic carboxylic acids is 1. The number of pyridine rings is 1. The minimum Gasteiger partial charge on any atom is -0.492 e. The first-order chi connectivity index (χ1) is 16.9. The summed E-state index contributed by atoms with van der Waals surface area (Å²) < 4.78 is 22.3. The summed E-state index contributed by atoms with van der Waals surface area (Å²) in [5, 5.41) is 12.8. The molecule has 4 aromatic rings. The summed E-state index contributed by atoms with van der Waals surface area (Å²) in [7, 11) is 0. The summed E-state index contributed by atoms with van der Waals surface area (Å²) in [5.41, 5.74) is 6.43. The van der Waals surface area contributed by atoms with Crippen LogP contribution in [0.1, 0.15) is 21.6 Å². The van der Waals surface area contributed by atoms with Crippen molar-refractivity contribution in [2.24, 2.45) is 5.73 Å². The summed E-state index contributed by atoms with van der Waals surface area (Å²) in [6.07, 6.45) is 3.24. The second kappa shape index (κ2) is 9.16. The molecule has 7 nitrogen and oxygen atoms in total. The zero-order valence-corrected chi connectivity index (χ0v) is 19.8. The summed E-state index contributed by atoms with van der Waals surface area (Å²) in [6.45, 7) is 0.309. The van der Waals surface area contributed by atoms with Crippen molar-refractivity contribution in [3.8, 4) is 16.9 Å². The molecule has 0 saturated heterocycles. The number of H-pyrrole nitrogens is 1. The highest BCUT2D eigenvalue weighted by Gasteiger charge is 2.32. The van der Waals surface area contributed by atoms with Crippen molar-refractivity contribution in [1.82, 2.24) is 9.55 Å².